The topological polar surface area (TPSA) is 46.6 Å². The molecule has 0 N–H and O–H groups in total. The molecule has 4 nitrogen and oxygen atoms in total. The van der Waals surface area contributed by atoms with Crippen LogP contribution in [0.3, 0.4) is 0 Å². The average molecular weight is 283 g/mol. The molecule has 0 heterocycles. The first-order chi connectivity index (χ1) is 9.58. The third kappa shape index (κ3) is 7.31. The van der Waals surface area contributed by atoms with E-state index in [1.807, 2.05) is 6.92 Å². The monoisotopic (exact) mass is 283 g/mol. The second kappa shape index (κ2) is 11.5. The summed E-state index contributed by atoms with van der Waals surface area (Å²) in [7, 11) is 0. The Morgan fingerprint density at radius 2 is 1.80 bits per heavy atom. The minimum Gasteiger partial charge on any atom is -0.464 e. The van der Waals surface area contributed by atoms with E-state index >= 15 is 0 Å². The Kier molecular flexibility index (Phi) is 10.7. The number of carbonyl (C=O) groups excluding carboxylic acids is 2. The number of carbonyl (C=O) groups is 2. The van der Waals surface area contributed by atoms with Gasteiger partial charge in [0.15, 0.2) is 0 Å². The molecule has 0 radical (unpaired) electrons. The molecule has 0 spiro atoms. The molecule has 0 aromatic heterocycles. The number of ether oxygens (including phenoxy) is 1. The smallest absolute Gasteiger partial charge is 0.328 e. The number of hydrogen-bond donors (Lipinski definition) is 0. The predicted octanol–water partition coefficient (Wildman–Crippen LogP) is 3.31. The zero-order chi connectivity index (χ0) is 15.4. The summed E-state index contributed by atoms with van der Waals surface area (Å²) in [6, 6.07) is -0.543. The molecular formula is C16H29NO3. The van der Waals surface area contributed by atoms with Crippen LogP contribution in [0, 0.1) is 0 Å². The molecule has 0 aliphatic carbocycles. The van der Waals surface area contributed by atoms with Crippen molar-refractivity contribution in [1.82, 2.24) is 4.90 Å². The quantitative estimate of drug-likeness (QED) is 0.332. The summed E-state index contributed by atoms with van der Waals surface area (Å²) in [6.07, 6.45) is 7.35. The summed E-state index contributed by atoms with van der Waals surface area (Å²) in [5, 5.41) is 0. The van der Waals surface area contributed by atoms with Crippen LogP contribution in [0.25, 0.3) is 0 Å². The Morgan fingerprint density at radius 1 is 1.15 bits per heavy atom. The lowest BCUT2D eigenvalue weighted by molar-refractivity contribution is -0.153. The molecule has 0 aromatic rings. The maximum atomic E-state index is 11.9. The maximum Gasteiger partial charge on any atom is 0.328 e. The van der Waals surface area contributed by atoms with Crippen LogP contribution in [-0.2, 0) is 14.3 Å². The van der Waals surface area contributed by atoms with E-state index in [0.29, 0.717) is 13.2 Å². The molecule has 1 amide bonds. The fourth-order valence-electron chi connectivity index (χ4n) is 1.89. The second-order valence-electron chi connectivity index (χ2n) is 4.99. The Labute approximate surface area is 123 Å². The van der Waals surface area contributed by atoms with Crippen molar-refractivity contribution in [1.29, 1.82) is 0 Å². The van der Waals surface area contributed by atoms with E-state index in [2.05, 4.69) is 13.5 Å². The van der Waals surface area contributed by atoms with Crippen LogP contribution in [0.4, 0.5) is 0 Å². The summed E-state index contributed by atoms with van der Waals surface area (Å²) < 4.78 is 5.18. The van der Waals surface area contributed by atoms with Gasteiger partial charge in [0.25, 0.3) is 0 Å². The van der Waals surface area contributed by atoms with Crippen LogP contribution < -0.4 is 0 Å². The highest BCUT2D eigenvalue weighted by molar-refractivity contribution is 5.91. The molecule has 0 aliphatic rings. The van der Waals surface area contributed by atoms with E-state index in [0.717, 1.165) is 38.5 Å². The van der Waals surface area contributed by atoms with Gasteiger partial charge in [-0.2, -0.15) is 0 Å². The molecule has 0 aliphatic heterocycles. The second-order valence-corrected chi connectivity index (χ2v) is 4.99. The Morgan fingerprint density at radius 3 is 2.35 bits per heavy atom. The van der Waals surface area contributed by atoms with Gasteiger partial charge in [-0.25, -0.2) is 4.79 Å². The van der Waals surface area contributed by atoms with E-state index < -0.39 is 6.04 Å². The van der Waals surface area contributed by atoms with Crippen LogP contribution in [0.5, 0.6) is 0 Å². The van der Waals surface area contributed by atoms with Gasteiger partial charge in [-0.05, 0) is 25.8 Å². The average Bonchev–Trinajstić information content (AvgIpc) is 2.46. The number of unbranched alkanes of at least 4 members (excludes halogenated alkanes) is 4. The van der Waals surface area contributed by atoms with Crippen LogP contribution in [-0.4, -0.2) is 36.0 Å². The Balaban J connectivity index is 4.39. The van der Waals surface area contributed by atoms with Gasteiger partial charge < -0.3 is 9.64 Å². The molecule has 20 heavy (non-hydrogen) atoms. The first-order valence-corrected chi connectivity index (χ1v) is 7.68. The number of amides is 1. The molecule has 0 rings (SSSR count). The van der Waals surface area contributed by atoms with E-state index in [1.165, 1.54) is 6.08 Å². The highest BCUT2D eigenvalue weighted by Crippen LogP contribution is 2.08. The first-order valence-electron chi connectivity index (χ1n) is 7.68. The summed E-state index contributed by atoms with van der Waals surface area (Å²) in [5.74, 6) is -0.536. The van der Waals surface area contributed by atoms with Crippen molar-refractivity contribution >= 4 is 11.9 Å². The normalized spacial score (nSPS) is 11.8. The molecular weight excluding hydrogens is 254 g/mol. The van der Waals surface area contributed by atoms with Gasteiger partial charge in [0.1, 0.15) is 6.04 Å². The van der Waals surface area contributed by atoms with Gasteiger partial charge in [-0.15, -0.1) is 0 Å². The minimum absolute atomic E-state index is 0.207. The molecule has 116 valence electrons. The van der Waals surface area contributed by atoms with Gasteiger partial charge >= 0.3 is 5.97 Å². The summed E-state index contributed by atoms with van der Waals surface area (Å²) in [4.78, 5) is 25.3. The minimum atomic E-state index is -0.543. The van der Waals surface area contributed by atoms with E-state index in [-0.39, 0.29) is 11.9 Å². The van der Waals surface area contributed by atoms with E-state index in [9.17, 15) is 9.59 Å². The fraction of sp³-hybridized carbons (Fsp3) is 0.750. The van der Waals surface area contributed by atoms with Crippen LogP contribution >= 0.6 is 0 Å². The van der Waals surface area contributed by atoms with Gasteiger partial charge in [0.2, 0.25) is 5.91 Å². The molecule has 0 saturated carbocycles. The molecule has 1 atom stereocenters. The fourth-order valence-corrected chi connectivity index (χ4v) is 1.89. The maximum absolute atomic E-state index is 11.9. The zero-order valence-electron chi connectivity index (χ0n) is 13.2. The molecule has 4 heteroatoms. The third-order valence-electron chi connectivity index (χ3n) is 3.26. The van der Waals surface area contributed by atoms with Crippen LogP contribution in [0.15, 0.2) is 12.7 Å². The highest BCUT2D eigenvalue weighted by atomic mass is 16.5. The van der Waals surface area contributed by atoms with Gasteiger partial charge in [-0.1, -0.05) is 46.1 Å². The van der Waals surface area contributed by atoms with Crippen LogP contribution in [0.1, 0.15) is 59.3 Å². The van der Waals surface area contributed by atoms with Gasteiger partial charge in [0.05, 0.1) is 6.61 Å². The predicted molar refractivity (Wildman–Crippen MR) is 81.4 cm³/mol. The van der Waals surface area contributed by atoms with Crippen molar-refractivity contribution in [3.05, 3.63) is 12.7 Å². The van der Waals surface area contributed by atoms with E-state index in [1.54, 1.807) is 11.8 Å². The molecule has 0 saturated heterocycles. The molecule has 0 bridgehead atoms. The lowest BCUT2D eigenvalue weighted by Crippen LogP contribution is -2.44. The van der Waals surface area contributed by atoms with Crippen molar-refractivity contribution in [2.24, 2.45) is 0 Å². The summed E-state index contributed by atoms with van der Waals surface area (Å²) in [5.41, 5.74) is 0. The van der Waals surface area contributed by atoms with Crippen LogP contribution in [0.2, 0.25) is 0 Å². The van der Waals surface area contributed by atoms with Crippen molar-refractivity contribution in [2.45, 2.75) is 65.3 Å². The lowest BCUT2D eigenvalue weighted by atomic mass is 10.1. The van der Waals surface area contributed by atoms with Crippen molar-refractivity contribution < 1.29 is 14.3 Å². The standard InChI is InChI=1S/C16H29NO3/c1-5-8-10-11-12-17(15(18)7-3)14(4)16(19)20-13-9-6-2/h7,14H,3,5-6,8-13H2,1-2,4H3. The van der Waals surface area contributed by atoms with E-state index in [4.69, 9.17) is 4.74 Å². The lowest BCUT2D eigenvalue weighted by Gasteiger charge is -2.26. The van der Waals surface area contributed by atoms with Crippen molar-refractivity contribution in [3.63, 3.8) is 0 Å². The summed E-state index contributed by atoms with van der Waals surface area (Å²) >= 11 is 0. The number of esters is 1. The van der Waals surface area contributed by atoms with Gasteiger partial charge in [0, 0.05) is 6.54 Å². The molecule has 0 fully saturated rings. The number of hydrogen-bond acceptors (Lipinski definition) is 3. The largest absolute Gasteiger partial charge is 0.464 e. The summed E-state index contributed by atoms with van der Waals surface area (Å²) in [6.45, 7) is 10.4. The first kappa shape index (κ1) is 18.7. The highest BCUT2D eigenvalue weighted by Gasteiger charge is 2.24. The Bertz CT molecular complexity index is 302. The third-order valence-corrected chi connectivity index (χ3v) is 3.26. The number of nitrogens with zero attached hydrogens (tertiary/aromatic N) is 1. The number of rotatable bonds is 11. The van der Waals surface area contributed by atoms with Crippen molar-refractivity contribution in [3.8, 4) is 0 Å². The SMILES string of the molecule is C=CC(=O)N(CCCCCC)C(C)C(=O)OCCCC. The van der Waals surface area contributed by atoms with Crippen molar-refractivity contribution in [2.75, 3.05) is 13.2 Å². The molecule has 0 aromatic carbocycles. The Hall–Kier alpha value is -1.32. The van der Waals surface area contributed by atoms with Gasteiger partial charge in [-0.3, -0.25) is 4.79 Å². The zero-order valence-corrected chi connectivity index (χ0v) is 13.2. The molecule has 1 unspecified atom stereocenters.